The Morgan fingerprint density at radius 3 is 2.74 bits per heavy atom. The number of aryl methyl sites for hydroxylation is 1. The molecule has 0 radical (unpaired) electrons. The highest BCUT2D eigenvalue weighted by atomic mass is 16.1. The monoisotopic (exact) mass is 318 g/mol. The Labute approximate surface area is 136 Å². The summed E-state index contributed by atoms with van der Waals surface area (Å²) in [4.78, 5) is 24.5. The van der Waals surface area contributed by atoms with E-state index in [1.165, 1.54) is 0 Å². The molecule has 0 aliphatic carbocycles. The van der Waals surface area contributed by atoms with Crippen molar-refractivity contribution in [1.29, 1.82) is 0 Å². The lowest BCUT2D eigenvalue weighted by molar-refractivity contribution is 0.140. The van der Waals surface area contributed by atoms with E-state index in [2.05, 4.69) is 45.6 Å². The summed E-state index contributed by atoms with van der Waals surface area (Å²) in [6.45, 7) is 11.6. The normalized spacial score (nSPS) is 18.4. The number of hydrogen-bond donors (Lipinski definition) is 1. The predicted octanol–water partition coefficient (Wildman–Crippen LogP) is 0.963. The van der Waals surface area contributed by atoms with Crippen LogP contribution in [0.15, 0.2) is 11.0 Å². The molecule has 7 heteroatoms. The molecule has 2 aromatic heterocycles. The van der Waals surface area contributed by atoms with Crippen molar-refractivity contribution >= 4 is 11.0 Å². The molecule has 1 fully saturated rings. The van der Waals surface area contributed by atoms with Gasteiger partial charge in [0.15, 0.2) is 5.65 Å². The zero-order valence-corrected chi connectivity index (χ0v) is 14.5. The van der Waals surface area contributed by atoms with Crippen LogP contribution in [0.5, 0.6) is 0 Å². The van der Waals surface area contributed by atoms with Gasteiger partial charge in [-0.3, -0.25) is 19.3 Å². The van der Waals surface area contributed by atoms with Crippen LogP contribution in [0.25, 0.3) is 11.0 Å². The van der Waals surface area contributed by atoms with E-state index in [9.17, 15) is 4.79 Å². The van der Waals surface area contributed by atoms with Gasteiger partial charge in [-0.15, -0.1) is 0 Å². The Kier molecular flexibility index (Phi) is 4.25. The molecule has 23 heavy (non-hydrogen) atoms. The summed E-state index contributed by atoms with van der Waals surface area (Å²) < 4.78 is 1.65. The highest BCUT2D eigenvalue weighted by Crippen LogP contribution is 2.16. The number of aromatic amines is 1. The van der Waals surface area contributed by atoms with Crippen LogP contribution in [0.2, 0.25) is 0 Å². The van der Waals surface area contributed by atoms with Crippen LogP contribution in [0.1, 0.15) is 33.0 Å². The molecule has 0 bridgehead atoms. The molecule has 1 saturated heterocycles. The van der Waals surface area contributed by atoms with Crippen LogP contribution >= 0.6 is 0 Å². The van der Waals surface area contributed by atoms with Crippen LogP contribution in [0, 0.1) is 0 Å². The average Bonchev–Trinajstić information content (AvgIpc) is 2.69. The Balaban J connectivity index is 1.75. The van der Waals surface area contributed by atoms with Gasteiger partial charge in [-0.25, -0.2) is 4.98 Å². The van der Waals surface area contributed by atoms with Gasteiger partial charge in [0.25, 0.3) is 5.56 Å². The Hall–Kier alpha value is -1.73. The first-order valence-corrected chi connectivity index (χ1v) is 8.23. The molecule has 126 valence electrons. The van der Waals surface area contributed by atoms with E-state index >= 15 is 0 Å². The molecule has 0 atom stereocenters. The minimum atomic E-state index is -0.107. The lowest BCUT2D eigenvalue weighted by Gasteiger charge is -2.34. The number of fused-ring (bicyclic) bond motifs is 1. The maximum absolute atomic E-state index is 12.1. The van der Waals surface area contributed by atoms with E-state index in [1.807, 2.05) is 7.05 Å². The first-order valence-electron chi connectivity index (χ1n) is 8.23. The van der Waals surface area contributed by atoms with Gasteiger partial charge in [0.1, 0.15) is 11.2 Å². The largest absolute Gasteiger partial charge is 0.309 e. The number of nitrogens with zero attached hydrogens (tertiary/aromatic N) is 5. The van der Waals surface area contributed by atoms with Gasteiger partial charge >= 0.3 is 0 Å². The fourth-order valence-electron chi connectivity index (χ4n) is 3.16. The summed E-state index contributed by atoms with van der Waals surface area (Å²) in [5.74, 6) is 0.718. The van der Waals surface area contributed by atoms with Crippen molar-refractivity contribution in [3.05, 3.63) is 22.4 Å². The summed E-state index contributed by atoms with van der Waals surface area (Å²) >= 11 is 0. The second-order valence-electron chi connectivity index (χ2n) is 7.31. The summed E-state index contributed by atoms with van der Waals surface area (Å²) in [6.07, 6.45) is 2.70. The third-order valence-corrected chi connectivity index (χ3v) is 4.56. The topological polar surface area (TPSA) is 70.1 Å². The van der Waals surface area contributed by atoms with E-state index in [4.69, 9.17) is 0 Å². The van der Waals surface area contributed by atoms with E-state index in [0.717, 1.165) is 38.4 Å². The highest BCUT2D eigenvalue weighted by Gasteiger charge is 2.24. The molecule has 7 nitrogen and oxygen atoms in total. The van der Waals surface area contributed by atoms with Crippen molar-refractivity contribution in [3.63, 3.8) is 0 Å². The molecule has 0 aromatic carbocycles. The number of H-pyrrole nitrogens is 1. The van der Waals surface area contributed by atoms with Crippen LogP contribution in [-0.4, -0.2) is 61.3 Å². The molecule has 1 aliphatic rings. The van der Waals surface area contributed by atoms with Crippen molar-refractivity contribution in [2.24, 2.45) is 7.05 Å². The van der Waals surface area contributed by atoms with Gasteiger partial charge in [-0.1, -0.05) is 0 Å². The minimum absolute atomic E-state index is 0.107. The van der Waals surface area contributed by atoms with Gasteiger partial charge in [-0.2, -0.15) is 5.10 Å². The van der Waals surface area contributed by atoms with E-state index in [-0.39, 0.29) is 11.1 Å². The third-order valence-electron chi connectivity index (χ3n) is 4.56. The SMILES string of the molecule is Cn1ncc2c(=O)[nH]c(CN3CCCN(C(C)(C)C)CC3)nc21. The molecule has 2 aromatic rings. The van der Waals surface area contributed by atoms with Gasteiger partial charge in [-0.05, 0) is 40.3 Å². The van der Waals surface area contributed by atoms with Crippen LogP contribution in [-0.2, 0) is 13.6 Å². The van der Waals surface area contributed by atoms with Crippen molar-refractivity contribution in [1.82, 2.24) is 29.5 Å². The molecule has 0 unspecified atom stereocenters. The molecular weight excluding hydrogens is 292 g/mol. The van der Waals surface area contributed by atoms with Gasteiger partial charge < -0.3 is 4.98 Å². The van der Waals surface area contributed by atoms with E-state index < -0.39 is 0 Å². The Morgan fingerprint density at radius 1 is 1.22 bits per heavy atom. The summed E-state index contributed by atoms with van der Waals surface area (Å²) in [6, 6.07) is 0. The highest BCUT2D eigenvalue weighted by molar-refractivity contribution is 5.72. The van der Waals surface area contributed by atoms with Crippen LogP contribution < -0.4 is 5.56 Å². The van der Waals surface area contributed by atoms with Gasteiger partial charge in [0.05, 0.1) is 12.7 Å². The molecule has 3 heterocycles. The van der Waals surface area contributed by atoms with Gasteiger partial charge in [0, 0.05) is 25.7 Å². The summed E-state index contributed by atoms with van der Waals surface area (Å²) in [5, 5.41) is 4.66. The summed E-state index contributed by atoms with van der Waals surface area (Å²) in [5.41, 5.74) is 0.745. The first-order chi connectivity index (χ1) is 10.8. The molecule has 1 N–H and O–H groups in total. The average molecular weight is 318 g/mol. The molecule has 0 amide bonds. The lowest BCUT2D eigenvalue weighted by Crippen LogP contribution is -2.43. The first kappa shape index (κ1) is 16.1. The number of hydrogen-bond acceptors (Lipinski definition) is 5. The predicted molar refractivity (Wildman–Crippen MR) is 90.3 cm³/mol. The molecule has 1 aliphatic heterocycles. The van der Waals surface area contributed by atoms with Crippen molar-refractivity contribution in [2.45, 2.75) is 39.3 Å². The Bertz CT molecular complexity index is 741. The zero-order valence-electron chi connectivity index (χ0n) is 14.5. The third kappa shape index (κ3) is 3.45. The number of nitrogens with one attached hydrogen (secondary N) is 1. The lowest BCUT2D eigenvalue weighted by atomic mass is 10.1. The van der Waals surface area contributed by atoms with E-state index in [0.29, 0.717) is 17.6 Å². The minimum Gasteiger partial charge on any atom is -0.309 e. The van der Waals surface area contributed by atoms with E-state index in [1.54, 1.807) is 10.9 Å². The fourth-order valence-corrected chi connectivity index (χ4v) is 3.16. The van der Waals surface area contributed by atoms with Crippen LogP contribution in [0.3, 0.4) is 0 Å². The second kappa shape index (κ2) is 6.05. The maximum Gasteiger partial charge on any atom is 0.262 e. The van der Waals surface area contributed by atoms with Crippen molar-refractivity contribution in [2.75, 3.05) is 26.2 Å². The molecular formula is C16H26N6O. The zero-order chi connectivity index (χ0) is 16.6. The smallest absolute Gasteiger partial charge is 0.262 e. The number of rotatable bonds is 2. The fraction of sp³-hybridized carbons (Fsp3) is 0.688. The van der Waals surface area contributed by atoms with Crippen molar-refractivity contribution in [3.8, 4) is 0 Å². The molecule has 0 saturated carbocycles. The van der Waals surface area contributed by atoms with Crippen molar-refractivity contribution < 1.29 is 0 Å². The summed E-state index contributed by atoms with van der Waals surface area (Å²) in [7, 11) is 1.81. The number of aromatic nitrogens is 4. The molecule has 3 rings (SSSR count). The standard InChI is InChI=1S/C16H26N6O/c1-16(2,3)22-7-5-6-21(8-9-22)11-13-18-14-12(15(23)19-13)10-17-20(14)4/h10H,5-9,11H2,1-4H3,(H,18,19,23). The molecule has 0 spiro atoms. The van der Waals surface area contributed by atoms with Gasteiger partial charge in [0.2, 0.25) is 0 Å². The maximum atomic E-state index is 12.1. The second-order valence-corrected chi connectivity index (χ2v) is 7.31. The van der Waals surface area contributed by atoms with Crippen LogP contribution in [0.4, 0.5) is 0 Å². The quantitative estimate of drug-likeness (QED) is 0.893. The Morgan fingerprint density at radius 2 is 2.00 bits per heavy atom.